The SMILES string of the molecule is O=C(CCc1cnn(-c2ccccc2)c1)NNC(=O)c1cc2c(s1)CCCCC2. The fourth-order valence-corrected chi connectivity index (χ4v) is 4.65. The van der Waals surface area contributed by atoms with Gasteiger partial charge in [-0.05, 0) is 61.4 Å². The Kier molecular flexibility index (Phi) is 6.05. The van der Waals surface area contributed by atoms with E-state index in [4.69, 9.17) is 0 Å². The fraction of sp³-hybridized carbons (Fsp3) is 0.318. The molecule has 150 valence electrons. The lowest BCUT2D eigenvalue weighted by Gasteiger charge is -2.05. The van der Waals surface area contributed by atoms with Crippen LogP contribution in [0, 0.1) is 0 Å². The summed E-state index contributed by atoms with van der Waals surface area (Å²) in [6, 6.07) is 11.8. The van der Waals surface area contributed by atoms with Crippen molar-refractivity contribution in [1.29, 1.82) is 0 Å². The molecule has 0 aliphatic heterocycles. The van der Waals surface area contributed by atoms with Gasteiger partial charge in [0.2, 0.25) is 5.91 Å². The molecular formula is C22H24N4O2S. The van der Waals surface area contributed by atoms with Crippen LogP contribution < -0.4 is 10.9 Å². The zero-order valence-electron chi connectivity index (χ0n) is 16.2. The van der Waals surface area contributed by atoms with Crippen LogP contribution in [0.2, 0.25) is 0 Å². The van der Waals surface area contributed by atoms with Crippen molar-refractivity contribution in [2.75, 3.05) is 0 Å². The molecule has 1 aliphatic carbocycles. The molecule has 0 bridgehead atoms. The Balaban J connectivity index is 1.25. The van der Waals surface area contributed by atoms with Gasteiger partial charge in [0.1, 0.15) is 0 Å². The molecule has 0 fully saturated rings. The van der Waals surface area contributed by atoms with Gasteiger partial charge in [0.25, 0.3) is 5.91 Å². The normalized spacial score (nSPS) is 13.4. The lowest BCUT2D eigenvalue weighted by atomic mass is 10.1. The summed E-state index contributed by atoms with van der Waals surface area (Å²) in [6.45, 7) is 0. The van der Waals surface area contributed by atoms with Crippen molar-refractivity contribution in [3.05, 3.63) is 69.7 Å². The molecule has 7 heteroatoms. The predicted molar refractivity (Wildman–Crippen MR) is 113 cm³/mol. The Morgan fingerprint density at radius 2 is 1.90 bits per heavy atom. The van der Waals surface area contributed by atoms with Gasteiger partial charge in [0.15, 0.2) is 0 Å². The third-order valence-corrected chi connectivity index (χ3v) is 6.32. The van der Waals surface area contributed by atoms with Gasteiger partial charge >= 0.3 is 0 Å². The molecule has 0 spiro atoms. The molecule has 2 aromatic heterocycles. The number of hydrazine groups is 1. The zero-order chi connectivity index (χ0) is 20.1. The molecule has 4 rings (SSSR count). The molecule has 1 aromatic carbocycles. The molecular weight excluding hydrogens is 384 g/mol. The van der Waals surface area contributed by atoms with Crippen LogP contribution in [0.15, 0.2) is 48.8 Å². The lowest BCUT2D eigenvalue weighted by molar-refractivity contribution is -0.121. The van der Waals surface area contributed by atoms with Crippen molar-refractivity contribution in [2.24, 2.45) is 0 Å². The van der Waals surface area contributed by atoms with Gasteiger partial charge in [-0.1, -0.05) is 24.6 Å². The first-order valence-corrected chi connectivity index (χ1v) is 10.8. The minimum atomic E-state index is -0.242. The first-order valence-electron chi connectivity index (χ1n) is 9.99. The van der Waals surface area contributed by atoms with E-state index >= 15 is 0 Å². The van der Waals surface area contributed by atoms with Crippen molar-refractivity contribution in [2.45, 2.75) is 44.9 Å². The van der Waals surface area contributed by atoms with Gasteiger partial charge in [0, 0.05) is 17.5 Å². The quantitative estimate of drug-likeness (QED) is 0.500. The monoisotopic (exact) mass is 408 g/mol. The van der Waals surface area contributed by atoms with Crippen LogP contribution in [0.3, 0.4) is 0 Å². The number of rotatable bonds is 5. The first-order chi connectivity index (χ1) is 14.2. The summed E-state index contributed by atoms with van der Waals surface area (Å²) >= 11 is 1.54. The number of aryl methyl sites for hydroxylation is 3. The number of para-hydroxylation sites is 1. The number of fused-ring (bicyclic) bond motifs is 1. The Morgan fingerprint density at radius 3 is 2.76 bits per heavy atom. The average Bonchev–Trinajstić information content (AvgIpc) is 3.33. The smallest absolute Gasteiger partial charge is 0.273 e. The number of aromatic nitrogens is 2. The number of carbonyl (C=O) groups is 2. The number of benzene rings is 1. The first kappa shape index (κ1) is 19.4. The van der Waals surface area contributed by atoms with Crippen LogP contribution in [-0.2, 0) is 24.1 Å². The van der Waals surface area contributed by atoms with Crippen molar-refractivity contribution >= 4 is 23.2 Å². The van der Waals surface area contributed by atoms with Crippen LogP contribution in [0.25, 0.3) is 5.69 Å². The van der Waals surface area contributed by atoms with Gasteiger partial charge < -0.3 is 0 Å². The van der Waals surface area contributed by atoms with Crippen LogP contribution >= 0.6 is 11.3 Å². The molecule has 2 heterocycles. The van der Waals surface area contributed by atoms with Gasteiger partial charge in [-0.2, -0.15) is 5.10 Å². The van der Waals surface area contributed by atoms with E-state index in [-0.39, 0.29) is 18.2 Å². The topological polar surface area (TPSA) is 76.0 Å². The molecule has 0 unspecified atom stereocenters. The molecule has 2 N–H and O–H groups in total. The maximum atomic E-state index is 12.4. The van der Waals surface area contributed by atoms with E-state index in [9.17, 15) is 9.59 Å². The summed E-state index contributed by atoms with van der Waals surface area (Å²) in [4.78, 5) is 26.5. The molecule has 6 nitrogen and oxygen atoms in total. The Morgan fingerprint density at radius 1 is 1.07 bits per heavy atom. The maximum absolute atomic E-state index is 12.4. The number of carbonyl (C=O) groups excluding carboxylic acids is 2. The van der Waals surface area contributed by atoms with E-state index in [2.05, 4.69) is 16.0 Å². The third kappa shape index (κ3) is 4.92. The molecule has 2 amide bonds. The van der Waals surface area contributed by atoms with Crippen molar-refractivity contribution in [3.8, 4) is 5.69 Å². The highest BCUT2D eigenvalue weighted by atomic mass is 32.1. The van der Waals surface area contributed by atoms with Crippen LogP contribution in [0.1, 0.15) is 51.4 Å². The highest BCUT2D eigenvalue weighted by molar-refractivity contribution is 7.14. The number of nitrogens with zero attached hydrogens (tertiary/aromatic N) is 2. The number of hydrogen-bond donors (Lipinski definition) is 2. The highest BCUT2D eigenvalue weighted by Gasteiger charge is 2.17. The van der Waals surface area contributed by atoms with E-state index in [1.54, 1.807) is 22.2 Å². The second-order valence-corrected chi connectivity index (χ2v) is 8.39. The largest absolute Gasteiger partial charge is 0.279 e. The minimum absolute atomic E-state index is 0.219. The van der Waals surface area contributed by atoms with Crippen LogP contribution in [-0.4, -0.2) is 21.6 Å². The Labute approximate surface area is 173 Å². The van der Waals surface area contributed by atoms with E-state index in [0.29, 0.717) is 11.3 Å². The van der Waals surface area contributed by atoms with Gasteiger partial charge in [-0.15, -0.1) is 11.3 Å². The Bertz CT molecular complexity index is 970. The number of amides is 2. The second kappa shape index (κ2) is 9.05. The zero-order valence-corrected chi connectivity index (χ0v) is 17.0. The molecule has 0 saturated carbocycles. The van der Waals surface area contributed by atoms with Crippen molar-refractivity contribution in [3.63, 3.8) is 0 Å². The minimum Gasteiger partial charge on any atom is -0.273 e. The van der Waals surface area contributed by atoms with Gasteiger partial charge in [-0.25, -0.2) is 4.68 Å². The van der Waals surface area contributed by atoms with Gasteiger partial charge in [-0.3, -0.25) is 20.4 Å². The summed E-state index contributed by atoms with van der Waals surface area (Å²) in [6.07, 6.45) is 10.2. The molecule has 3 aromatic rings. The summed E-state index contributed by atoms with van der Waals surface area (Å²) < 4.78 is 1.79. The summed E-state index contributed by atoms with van der Waals surface area (Å²) in [7, 11) is 0. The maximum Gasteiger partial charge on any atom is 0.279 e. The number of thiophene rings is 1. The third-order valence-electron chi connectivity index (χ3n) is 5.08. The molecule has 0 atom stereocenters. The van der Waals surface area contributed by atoms with Crippen molar-refractivity contribution in [1.82, 2.24) is 20.6 Å². The summed E-state index contributed by atoms with van der Waals surface area (Å²) in [5.74, 6) is -0.461. The molecule has 0 saturated heterocycles. The van der Waals surface area contributed by atoms with Crippen molar-refractivity contribution < 1.29 is 9.59 Å². The van der Waals surface area contributed by atoms with Gasteiger partial charge in [0.05, 0.1) is 16.8 Å². The number of hydrogen-bond acceptors (Lipinski definition) is 4. The van der Waals surface area contributed by atoms with E-state index < -0.39 is 0 Å². The Hall–Kier alpha value is -2.93. The predicted octanol–water partition coefficient (Wildman–Crippen LogP) is 3.60. The number of nitrogens with one attached hydrogen (secondary N) is 2. The summed E-state index contributed by atoms with van der Waals surface area (Å²) in [5.41, 5.74) is 8.30. The molecule has 29 heavy (non-hydrogen) atoms. The standard InChI is InChI=1S/C22H24N4O2S/c27-21(12-11-16-14-23-26(15-16)18-8-4-2-5-9-18)24-25-22(28)20-13-17-7-3-1-6-10-19(17)29-20/h2,4-5,8-9,13-15H,1,3,6-7,10-12H2,(H,24,27)(H,25,28). The second-order valence-electron chi connectivity index (χ2n) is 7.25. The fourth-order valence-electron chi connectivity index (χ4n) is 3.50. The van der Waals surface area contributed by atoms with Crippen LogP contribution in [0.4, 0.5) is 0 Å². The molecule has 0 radical (unpaired) electrons. The van der Waals surface area contributed by atoms with E-state index in [1.165, 1.54) is 29.7 Å². The summed E-state index contributed by atoms with van der Waals surface area (Å²) in [5, 5.41) is 4.33. The van der Waals surface area contributed by atoms with E-state index in [1.807, 2.05) is 42.6 Å². The lowest BCUT2D eigenvalue weighted by Crippen LogP contribution is -2.41. The highest BCUT2D eigenvalue weighted by Crippen LogP contribution is 2.28. The van der Waals surface area contributed by atoms with E-state index in [0.717, 1.165) is 24.1 Å². The van der Waals surface area contributed by atoms with Crippen LogP contribution in [0.5, 0.6) is 0 Å². The average molecular weight is 409 g/mol. The molecule has 1 aliphatic rings.